The molecular weight excluding hydrogens is 306 g/mol. The minimum absolute atomic E-state index is 0.811. The van der Waals surface area contributed by atoms with Gasteiger partial charge in [-0.1, -0.05) is 38.4 Å². The van der Waals surface area contributed by atoms with E-state index >= 15 is 0 Å². The lowest BCUT2D eigenvalue weighted by atomic mass is 10.2. The second-order valence-electron chi connectivity index (χ2n) is 3.16. The van der Waals surface area contributed by atoms with E-state index in [9.17, 15) is 0 Å². The first-order valence-electron chi connectivity index (χ1n) is 4.24. The Bertz CT molecular complexity index is 485. The smallest absolute Gasteiger partial charge is 0.0535 e. The van der Waals surface area contributed by atoms with Crippen molar-refractivity contribution >= 4 is 42.8 Å². The fourth-order valence-corrected chi connectivity index (χ4v) is 2.14. The maximum absolute atomic E-state index is 3.84. The van der Waals surface area contributed by atoms with Gasteiger partial charge in [-0.15, -0.1) is 0 Å². The molecule has 2 aromatic rings. The molecule has 1 nitrogen and oxygen atoms in total. The molecule has 0 spiro atoms. The van der Waals surface area contributed by atoms with Crippen LogP contribution in [0.3, 0.4) is 0 Å². The zero-order valence-electron chi connectivity index (χ0n) is 7.50. The Morgan fingerprint density at radius 3 is 2.86 bits per heavy atom. The summed E-state index contributed by atoms with van der Waals surface area (Å²) in [6.07, 6.45) is 2.07. The van der Waals surface area contributed by atoms with Crippen LogP contribution >= 0.6 is 31.9 Å². The van der Waals surface area contributed by atoms with Crippen molar-refractivity contribution in [2.75, 3.05) is 0 Å². The van der Waals surface area contributed by atoms with Crippen LogP contribution in [0.5, 0.6) is 0 Å². The van der Waals surface area contributed by atoms with E-state index in [2.05, 4.69) is 73.5 Å². The monoisotopic (exact) mass is 313 g/mol. The molecule has 1 heterocycles. The number of benzene rings is 1. The number of aromatic nitrogens is 1. The number of fused-ring (bicyclic) bond motifs is 1. The zero-order valence-corrected chi connectivity index (χ0v) is 10.7. The molecule has 0 saturated heterocycles. The first-order valence-corrected chi connectivity index (χ1v) is 5.83. The van der Waals surface area contributed by atoms with Crippen molar-refractivity contribution in [1.29, 1.82) is 0 Å². The summed E-state index contributed by atoms with van der Waals surface area (Å²) in [4.78, 5) is 0. The van der Waals surface area contributed by atoms with E-state index in [-0.39, 0.29) is 0 Å². The van der Waals surface area contributed by atoms with E-state index < -0.39 is 0 Å². The summed E-state index contributed by atoms with van der Waals surface area (Å²) in [5.74, 6) is 0. The predicted molar refractivity (Wildman–Crippen MR) is 67.7 cm³/mol. The Morgan fingerprint density at radius 1 is 1.36 bits per heavy atom. The van der Waals surface area contributed by atoms with Crippen LogP contribution in [0, 0.1) is 0 Å². The van der Waals surface area contributed by atoms with Crippen LogP contribution in [0.15, 0.2) is 46.0 Å². The van der Waals surface area contributed by atoms with Gasteiger partial charge < -0.3 is 4.57 Å². The van der Waals surface area contributed by atoms with Crippen molar-refractivity contribution in [3.63, 3.8) is 0 Å². The van der Waals surface area contributed by atoms with Crippen molar-refractivity contribution in [1.82, 2.24) is 4.57 Å². The Labute approximate surface area is 99.7 Å². The molecule has 2 rings (SSSR count). The highest BCUT2D eigenvalue weighted by Gasteiger charge is 2.01. The van der Waals surface area contributed by atoms with Gasteiger partial charge in [0.05, 0.1) is 6.54 Å². The maximum atomic E-state index is 3.84. The lowest BCUT2D eigenvalue weighted by molar-refractivity contribution is 0.858. The van der Waals surface area contributed by atoms with Crippen molar-refractivity contribution in [3.05, 3.63) is 46.0 Å². The van der Waals surface area contributed by atoms with Gasteiger partial charge in [0, 0.05) is 26.1 Å². The van der Waals surface area contributed by atoms with E-state index in [0.29, 0.717) is 0 Å². The quantitative estimate of drug-likeness (QED) is 0.778. The number of rotatable bonds is 2. The third-order valence-corrected chi connectivity index (χ3v) is 2.82. The van der Waals surface area contributed by atoms with Gasteiger partial charge in [0.25, 0.3) is 0 Å². The molecule has 0 unspecified atom stereocenters. The van der Waals surface area contributed by atoms with Gasteiger partial charge >= 0.3 is 0 Å². The normalized spacial score (nSPS) is 10.7. The highest BCUT2D eigenvalue weighted by molar-refractivity contribution is 9.11. The summed E-state index contributed by atoms with van der Waals surface area (Å²) >= 11 is 6.83. The molecule has 1 aromatic carbocycles. The predicted octanol–water partition coefficient (Wildman–Crippen LogP) is 4.31. The lowest BCUT2D eigenvalue weighted by Gasteiger charge is -2.03. The fourth-order valence-electron chi connectivity index (χ4n) is 1.49. The van der Waals surface area contributed by atoms with Crippen LogP contribution in [0.2, 0.25) is 0 Å². The van der Waals surface area contributed by atoms with Crippen LogP contribution in [-0.2, 0) is 6.54 Å². The van der Waals surface area contributed by atoms with Crippen molar-refractivity contribution in [3.8, 4) is 0 Å². The topological polar surface area (TPSA) is 4.93 Å². The summed E-state index contributed by atoms with van der Waals surface area (Å²) < 4.78 is 4.26. The van der Waals surface area contributed by atoms with Crippen LogP contribution in [0.1, 0.15) is 0 Å². The van der Waals surface area contributed by atoms with Gasteiger partial charge in [-0.05, 0) is 24.3 Å². The molecule has 0 radical (unpaired) electrons. The maximum Gasteiger partial charge on any atom is 0.0535 e. The average molecular weight is 315 g/mol. The summed E-state index contributed by atoms with van der Waals surface area (Å²) in [6, 6.07) is 8.38. The molecule has 0 N–H and O–H groups in total. The second kappa shape index (κ2) is 3.91. The number of hydrogen-bond acceptors (Lipinski definition) is 0. The average Bonchev–Trinajstić information content (AvgIpc) is 2.47. The van der Waals surface area contributed by atoms with Gasteiger partial charge in [0.15, 0.2) is 0 Å². The third-order valence-electron chi connectivity index (χ3n) is 2.07. The van der Waals surface area contributed by atoms with Crippen molar-refractivity contribution < 1.29 is 0 Å². The molecule has 0 aliphatic carbocycles. The molecule has 3 heteroatoms. The molecule has 1 aromatic heterocycles. The molecule has 0 aliphatic heterocycles. The van der Waals surface area contributed by atoms with Crippen LogP contribution < -0.4 is 0 Å². The van der Waals surface area contributed by atoms with Gasteiger partial charge in [-0.25, -0.2) is 0 Å². The molecule has 0 fully saturated rings. The molecule has 0 atom stereocenters. The van der Waals surface area contributed by atoms with Crippen LogP contribution in [0.4, 0.5) is 0 Å². The van der Waals surface area contributed by atoms with E-state index in [4.69, 9.17) is 0 Å². The van der Waals surface area contributed by atoms with Crippen LogP contribution in [0.25, 0.3) is 10.9 Å². The molecule has 0 saturated carbocycles. The zero-order chi connectivity index (χ0) is 10.1. The van der Waals surface area contributed by atoms with Gasteiger partial charge in [-0.3, -0.25) is 0 Å². The number of halogens is 2. The number of nitrogens with zero attached hydrogens (tertiary/aromatic N) is 1. The van der Waals surface area contributed by atoms with Crippen molar-refractivity contribution in [2.45, 2.75) is 6.54 Å². The first-order chi connectivity index (χ1) is 6.66. The minimum Gasteiger partial charge on any atom is -0.343 e. The SMILES string of the molecule is C=C(Br)Cn1ccc2cc(Br)ccc21. The Balaban J connectivity index is 2.52. The van der Waals surface area contributed by atoms with Crippen molar-refractivity contribution in [2.24, 2.45) is 0 Å². The fraction of sp³-hybridized carbons (Fsp3) is 0.0909. The third kappa shape index (κ3) is 1.93. The van der Waals surface area contributed by atoms with E-state index in [1.165, 1.54) is 10.9 Å². The van der Waals surface area contributed by atoms with E-state index in [0.717, 1.165) is 15.5 Å². The van der Waals surface area contributed by atoms with E-state index in [1.807, 2.05) is 0 Å². The van der Waals surface area contributed by atoms with Gasteiger partial charge in [0.1, 0.15) is 0 Å². The Hall–Kier alpha value is -0.540. The summed E-state index contributed by atoms with van der Waals surface area (Å²) in [5.41, 5.74) is 1.23. The minimum atomic E-state index is 0.811. The molecule has 0 bridgehead atoms. The highest BCUT2D eigenvalue weighted by atomic mass is 79.9. The van der Waals surface area contributed by atoms with Crippen LogP contribution in [-0.4, -0.2) is 4.57 Å². The highest BCUT2D eigenvalue weighted by Crippen LogP contribution is 2.22. The number of allylic oxidation sites excluding steroid dienone is 1. The lowest BCUT2D eigenvalue weighted by Crippen LogP contribution is -1.94. The summed E-state index contributed by atoms with van der Waals surface area (Å²) in [5, 5.41) is 1.24. The summed E-state index contributed by atoms with van der Waals surface area (Å²) in [7, 11) is 0. The molecule has 14 heavy (non-hydrogen) atoms. The van der Waals surface area contributed by atoms with Gasteiger partial charge in [0.2, 0.25) is 0 Å². The summed E-state index contributed by atoms with van der Waals surface area (Å²) in [6.45, 7) is 4.65. The molecule has 72 valence electrons. The first kappa shape index (κ1) is 9.99. The Kier molecular flexibility index (Phi) is 2.79. The Morgan fingerprint density at radius 2 is 2.14 bits per heavy atom. The second-order valence-corrected chi connectivity index (χ2v) is 5.20. The molecular formula is C11H9Br2N. The largest absolute Gasteiger partial charge is 0.343 e. The number of hydrogen-bond donors (Lipinski definition) is 0. The van der Waals surface area contributed by atoms with Gasteiger partial charge in [-0.2, -0.15) is 0 Å². The van der Waals surface area contributed by atoms with E-state index in [1.54, 1.807) is 0 Å². The molecule has 0 aliphatic rings. The molecule has 0 amide bonds. The standard InChI is InChI=1S/C11H9Br2N/c1-8(12)7-14-5-4-9-6-10(13)2-3-11(9)14/h2-6H,1,7H2.